The van der Waals surface area contributed by atoms with Crippen molar-refractivity contribution in [1.82, 2.24) is 0 Å². The Morgan fingerprint density at radius 2 is 2.27 bits per heavy atom. The lowest BCUT2D eigenvalue weighted by Gasteiger charge is -2.00. The summed E-state index contributed by atoms with van der Waals surface area (Å²) in [6, 6.07) is 5.05. The number of nitrogens with zero attached hydrogens (tertiary/aromatic N) is 1. The van der Waals surface area contributed by atoms with Crippen molar-refractivity contribution in [3.63, 3.8) is 0 Å². The Labute approximate surface area is 88.6 Å². The average Bonchev–Trinajstić information content (AvgIpc) is 2.20. The monoisotopic (exact) mass is 206 g/mol. The predicted octanol–water partition coefficient (Wildman–Crippen LogP) is 2.27. The molecule has 2 N–H and O–H groups in total. The SMILES string of the molecule is Cc1c(C=CCCN)cccc1[N+](=O)[O-]. The minimum Gasteiger partial charge on any atom is -0.330 e. The van der Waals surface area contributed by atoms with Gasteiger partial charge in [0.2, 0.25) is 0 Å². The van der Waals surface area contributed by atoms with E-state index in [1.54, 1.807) is 13.0 Å². The first-order chi connectivity index (χ1) is 7.16. The molecule has 0 aliphatic rings. The Morgan fingerprint density at radius 3 is 2.87 bits per heavy atom. The predicted molar refractivity (Wildman–Crippen MR) is 60.5 cm³/mol. The first kappa shape index (κ1) is 11.4. The van der Waals surface area contributed by atoms with Gasteiger partial charge in [0.05, 0.1) is 4.92 Å². The largest absolute Gasteiger partial charge is 0.330 e. The molecule has 0 bridgehead atoms. The third-order valence-electron chi connectivity index (χ3n) is 2.17. The summed E-state index contributed by atoms with van der Waals surface area (Å²) in [7, 11) is 0. The van der Waals surface area contributed by atoms with Crippen molar-refractivity contribution in [3.8, 4) is 0 Å². The fourth-order valence-corrected chi connectivity index (χ4v) is 1.33. The number of rotatable bonds is 4. The van der Waals surface area contributed by atoms with Crippen LogP contribution in [0.15, 0.2) is 24.3 Å². The summed E-state index contributed by atoms with van der Waals surface area (Å²) in [5.74, 6) is 0. The van der Waals surface area contributed by atoms with Crippen LogP contribution in [0, 0.1) is 17.0 Å². The van der Waals surface area contributed by atoms with Gasteiger partial charge in [0, 0.05) is 11.6 Å². The highest BCUT2D eigenvalue weighted by atomic mass is 16.6. The van der Waals surface area contributed by atoms with E-state index in [-0.39, 0.29) is 10.6 Å². The van der Waals surface area contributed by atoms with Crippen molar-refractivity contribution >= 4 is 11.8 Å². The first-order valence-corrected chi connectivity index (χ1v) is 4.77. The van der Waals surface area contributed by atoms with Crippen LogP contribution in [0.4, 0.5) is 5.69 Å². The van der Waals surface area contributed by atoms with Gasteiger partial charge in [0.1, 0.15) is 0 Å². The number of nitro groups is 1. The Bertz CT molecular complexity index is 386. The van der Waals surface area contributed by atoms with Crippen molar-refractivity contribution in [3.05, 3.63) is 45.5 Å². The van der Waals surface area contributed by atoms with Gasteiger partial charge < -0.3 is 5.73 Å². The van der Waals surface area contributed by atoms with E-state index in [1.165, 1.54) is 6.07 Å². The van der Waals surface area contributed by atoms with E-state index in [9.17, 15) is 10.1 Å². The number of nitro benzene ring substituents is 1. The molecular formula is C11H14N2O2. The maximum atomic E-state index is 10.7. The molecule has 0 aromatic heterocycles. The topological polar surface area (TPSA) is 69.2 Å². The molecule has 0 amide bonds. The Kier molecular flexibility index (Phi) is 4.00. The van der Waals surface area contributed by atoms with E-state index in [0.29, 0.717) is 12.1 Å². The summed E-state index contributed by atoms with van der Waals surface area (Å²) in [5.41, 5.74) is 7.07. The van der Waals surface area contributed by atoms with Gasteiger partial charge in [-0.1, -0.05) is 24.3 Å². The van der Waals surface area contributed by atoms with Gasteiger partial charge >= 0.3 is 0 Å². The van der Waals surface area contributed by atoms with Crippen LogP contribution in [-0.4, -0.2) is 11.5 Å². The highest BCUT2D eigenvalue weighted by Gasteiger charge is 2.10. The molecule has 0 atom stereocenters. The fraction of sp³-hybridized carbons (Fsp3) is 0.273. The molecule has 4 heteroatoms. The molecule has 15 heavy (non-hydrogen) atoms. The molecule has 0 radical (unpaired) electrons. The number of hydrogen-bond acceptors (Lipinski definition) is 3. The van der Waals surface area contributed by atoms with Gasteiger partial charge in [-0.2, -0.15) is 0 Å². The number of hydrogen-bond donors (Lipinski definition) is 1. The molecule has 0 heterocycles. The zero-order valence-corrected chi connectivity index (χ0v) is 8.64. The zero-order chi connectivity index (χ0) is 11.3. The van der Waals surface area contributed by atoms with E-state index in [0.717, 1.165) is 12.0 Å². The van der Waals surface area contributed by atoms with Crippen molar-refractivity contribution in [2.24, 2.45) is 5.73 Å². The second-order valence-electron chi connectivity index (χ2n) is 3.23. The third kappa shape index (κ3) is 2.89. The summed E-state index contributed by atoms with van der Waals surface area (Å²) < 4.78 is 0. The summed E-state index contributed by atoms with van der Waals surface area (Å²) in [6.07, 6.45) is 4.57. The summed E-state index contributed by atoms with van der Waals surface area (Å²) in [5, 5.41) is 10.7. The maximum absolute atomic E-state index is 10.7. The number of benzene rings is 1. The Hall–Kier alpha value is -1.68. The molecule has 0 saturated heterocycles. The van der Waals surface area contributed by atoms with E-state index < -0.39 is 0 Å². The summed E-state index contributed by atoms with van der Waals surface area (Å²) in [6.45, 7) is 2.34. The molecule has 0 unspecified atom stereocenters. The Morgan fingerprint density at radius 1 is 1.53 bits per heavy atom. The van der Waals surface area contributed by atoms with E-state index >= 15 is 0 Å². The van der Waals surface area contributed by atoms with Crippen LogP contribution in [0.3, 0.4) is 0 Å². The van der Waals surface area contributed by atoms with Gasteiger partial charge in [0.15, 0.2) is 0 Å². The van der Waals surface area contributed by atoms with Crippen LogP contribution < -0.4 is 5.73 Å². The van der Waals surface area contributed by atoms with Crippen molar-refractivity contribution < 1.29 is 4.92 Å². The fourth-order valence-electron chi connectivity index (χ4n) is 1.33. The maximum Gasteiger partial charge on any atom is 0.272 e. The summed E-state index contributed by atoms with van der Waals surface area (Å²) >= 11 is 0. The van der Waals surface area contributed by atoms with Gasteiger partial charge in [-0.15, -0.1) is 0 Å². The molecule has 4 nitrogen and oxygen atoms in total. The molecule has 1 rings (SSSR count). The highest BCUT2D eigenvalue weighted by molar-refractivity contribution is 5.59. The van der Waals surface area contributed by atoms with E-state index in [1.807, 2.05) is 18.2 Å². The van der Waals surface area contributed by atoms with Crippen LogP contribution in [0.1, 0.15) is 17.5 Å². The molecule has 80 valence electrons. The van der Waals surface area contributed by atoms with Gasteiger partial charge in [-0.3, -0.25) is 10.1 Å². The third-order valence-corrected chi connectivity index (χ3v) is 2.17. The lowest BCUT2D eigenvalue weighted by molar-refractivity contribution is -0.385. The molecular weight excluding hydrogens is 192 g/mol. The normalized spacial score (nSPS) is 10.8. The zero-order valence-electron chi connectivity index (χ0n) is 8.64. The molecule has 1 aromatic carbocycles. The second kappa shape index (κ2) is 5.26. The minimum atomic E-state index is -0.365. The van der Waals surface area contributed by atoms with Crippen LogP contribution >= 0.6 is 0 Å². The minimum absolute atomic E-state index is 0.157. The molecule has 0 aliphatic carbocycles. The van der Waals surface area contributed by atoms with Crippen LogP contribution in [0.2, 0.25) is 0 Å². The molecule has 1 aromatic rings. The molecule has 0 aliphatic heterocycles. The van der Waals surface area contributed by atoms with Crippen molar-refractivity contribution in [2.45, 2.75) is 13.3 Å². The average molecular weight is 206 g/mol. The summed E-state index contributed by atoms with van der Waals surface area (Å²) in [4.78, 5) is 10.3. The highest BCUT2D eigenvalue weighted by Crippen LogP contribution is 2.21. The van der Waals surface area contributed by atoms with E-state index in [4.69, 9.17) is 5.73 Å². The molecule has 0 fully saturated rings. The number of nitrogens with two attached hydrogens (primary N) is 1. The van der Waals surface area contributed by atoms with Crippen LogP contribution in [0.25, 0.3) is 6.08 Å². The quantitative estimate of drug-likeness (QED) is 0.606. The van der Waals surface area contributed by atoms with Crippen LogP contribution in [-0.2, 0) is 0 Å². The molecule has 0 spiro atoms. The lowest BCUT2D eigenvalue weighted by Crippen LogP contribution is -1.95. The first-order valence-electron chi connectivity index (χ1n) is 4.77. The molecule has 0 saturated carbocycles. The van der Waals surface area contributed by atoms with Crippen LogP contribution in [0.5, 0.6) is 0 Å². The smallest absolute Gasteiger partial charge is 0.272 e. The standard InChI is InChI=1S/C11H14N2O2/c1-9-10(5-2-3-8-12)6-4-7-11(9)13(14)15/h2,4-7H,3,8,12H2,1H3. The van der Waals surface area contributed by atoms with E-state index in [2.05, 4.69) is 0 Å². The van der Waals surface area contributed by atoms with Gasteiger partial charge in [0.25, 0.3) is 5.69 Å². The van der Waals surface area contributed by atoms with Gasteiger partial charge in [-0.25, -0.2) is 0 Å². The Balaban J connectivity index is 2.99. The van der Waals surface area contributed by atoms with Crippen molar-refractivity contribution in [2.75, 3.05) is 6.54 Å². The van der Waals surface area contributed by atoms with Gasteiger partial charge in [-0.05, 0) is 25.5 Å². The van der Waals surface area contributed by atoms with Crippen molar-refractivity contribution in [1.29, 1.82) is 0 Å². The lowest BCUT2D eigenvalue weighted by atomic mass is 10.1. The second-order valence-corrected chi connectivity index (χ2v) is 3.23.